The van der Waals surface area contributed by atoms with Gasteiger partial charge in [-0.15, -0.1) is 12.4 Å². The Labute approximate surface area is 111 Å². The first-order valence-corrected chi connectivity index (χ1v) is 8.05. The van der Waals surface area contributed by atoms with Crippen molar-refractivity contribution in [2.75, 3.05) is 37.7 Å². The fourth-order valence-corrected chi connectivity index (χ4v) is 3.81. The van der Waals surface area contributed by atoms with E-state index in [9.17, 15) is 8.42 Å². The van der Waals surface area contributed by atoms with Crippen LogP contribution in [-0.2, 0) is 9.84 Å². The summed E-state index contributed by atoms with van der Waals surface area (Å²) in [7, 11) is -2.73. The summed E-state index contributed by atoms with van der Waals surface area (Å²) < 4.78 is 22.5. The van der Waals surface area contributed by atoms with Gasteiger partial charge in [0.25, 0.3) is 0 Å². The van der Waals surface area contributed by atoms with Crippen LogP contribution in [0.15, 0.2) is 0 Å². The minimum Gasteiger partial charge on any atom is -0.313 e. The predicted octanol–water partition coefficient (Wildman–Crippen LogP) is 0.917. The van der Waals surface area contributed by atoms with Crippen LogP contribution < -0.4 is 5.32 Å². The normalized spacial score (nSPS) is 22.6. The van der Waals surface area contributed by atoms with Gasteiger partial charge in [-0.2, -0.15) is 0 Å². The highest BCUT2D eigenvalue weighted by Gasteiger charge is 2.26. The third kappa shape index (κ3) is 6.60. The topological polar surface area (TPSA) is 49.4 Å². The van der Waals surface area contributed by atoms with Gasteiger partial charge in [-0.3, -0.25) is 0 Å². The Kier molecular flexibility index (Phi) is 8.37. The molecule has 0 bridgehead atoms. The zero-order valence-corrected chi connectivity index (χ0v) is 12.4. The summed E-state index contributed by atoms with van der Waals surface area (Å²) in [4.78, 5) is 2.38. The van der Waals surface area contributed by atoms with Gasteiger partial charge in [0.05, 0.1) is 11.5 Å². The Morgan fingerprint density at radius 1 is 1.29 bits per heavy atom. The van der Waals surface area contributed by atoms with Crippen LogP contribution in [0.2, 0.25) is 0 Å². The summed E-state index contributed by atoms with van der Waals surface area (Å²) in [6, 6.07) is 0.196. The predicted molar refractivity (Wildman–Crippen MR) is 74.7 cm³/mol. The number of hydrogen-bond acceptors (Lipinski definition) is 4. The third-order valence-electron chi connectivity index (χ3n) is 3.21. The van der Waals surface area contributed by atoms with Crippen molar-refractivity contribution in [2.45, 2.75) is 32.7 Å². The Hall–Kier alpha value is 0.160. The summed E-state index contributed by atoms with van der Waals surface area (Å²) >= 11 is 0. The van der Waals surface area contributed by atoms with Crippen molar-refractivity contribution < 1.29 is 8.42 Å². The van der Waals surface area contributed by atoms with E-state index >= 15 is 0 Å². The smallest absolute Gasteiger partial charge is 0.151 e. The maximum Gasteiger partial charge on any atom is 0.151 e. The first-order chi connectivity index (χ1) is 7.57. The average molecular weight is 285 g/mol. The molecule has 0 aromatic rings. The second-order valence-corrected chi connectivity index (χ2v) is 6.66. The van der Waals surface area contributed by atoms with Gasteiger partial charge in [-0.25, -0.2) is 8.42 Å². The van der Waals surface area contributed by atoms with Gasteiger partial charge < -0.3 is 10.2 Å². The van der Waals surface area contributed by atoms with E-state index in [4.69, 9.17) is 0 Å². The zero-order valence-electron chi connectivity index (χ0n) is 10.8. The van der Waals surface area contributed by atoms with Gasteiger partial charge in [-0.05, 0) is 39.0 Å². The molecule has 0 saturated carbocycles. The van der Waals surface area contributed by atoms with E-state index in [-0.39, 0.29) is 18.4 Å². The van der Waals surface area contributed by atoms with Gasteiger partial charge in [0.1, 0.15) is 0 Å². The highest BCUT2D eigenvalue weighted by atomic mass is 35.5. The summed E-state index contributed by atoms with van der Waals surface area (Å²) in [5.41, 5.74) is 0. The third-order valence-corrected chi connectivity index (χ3v) is 4.98. The largest absolute Gasteiger partial charge is 0.313 e. The van der Waals surface area contributed by atoms with Gasteiger partial charge in [0.15, 0.2) is 9.84 Å². The molecule has 1 N–H and O–H groups in total. The van der Waals surface area contributed by atoms with Crippen molar-refractivity contribution in [3.8, 4) is 0 Å². The van der Waals surface area contributed by atoms with E-state index in [0.29, 0.717) is 11.5 Å². The summed E-state index contributed by atoms with van der Waals surface area (Å²) in [5, 5.41) is 3.33. The van der Waals surface area contributed by atoms with Crippen LogP contribution in [0, 0.1) is 0 Å². The van der Waals surface area contributed by atoms with Crippen LogP contribution in [0.5, 0.6) is 0 Å². The molecule has 0 aromatic heterocycles. The van der Waals surface area contributed by atoms with E-state index in [1.165, 1.54) is 0 Å². The number of halogens is 1. The van der Waals surface area contributed by atoms with Crippen molar-refractivity contribution in [1.82, 2.24) is 10.2 Å². The minimum absolute atomic E-state index is 0. The van der Waals surface area contributed by atoms with Gasteiger partial charge in [-0.1, -0.05) is 13.8 Å². The molecule has 0 aromatic carbocycles. The average Bonchev–Trinajstić information content (AvgIpc) is 2.59. The van der Waals surface area contributed by atoms with Crippen molar-refractivity contribution in [3.05, 3.63) is 0 Å². The summed E-state index contributed by atoms with van der Waals surface area (Å²) in [6.07, 6.45) is 1.88. The lowest BCUT2D eigenvalue weighted by Crippen LogP contribution is -2.33. The lowest BCUT2D eigenvalue weighted by Gasteiger charge is -2.18. The molecule has 0 aliphatic carbocycles. The van der Waals surface area contributed by atoms with E-state index in [2.05, 4.69) is 24.1 Å². The van der Waals surface area contributed by atoms with Gasteiger partial charge in [0, 0.05) is 6.04 Å². The molecule has 0 spiro atoms. The molecule has 0 radical (unpaired) electrons. The molecule has 1 fully saturated rings. The molecular weight excluding hydrogens is 260 g/mol. The van der Waals surface area contributed by atoms with Crippen LogP contribution >= 0.6 is 12.4 Å². The molecule has 1 saturated heterocycles. The SMILES string of the molecule is CCN(CC)CCCNC1CCS(=O)(=O)C1.Cl. The molecule has 0 amide bonds. The molecule has 6 heteroatoms. The minimum atomic E-state index is -2.73. The molecule has 4 nitrogen and oxygen atoms in total. The standard InChI is InChI=1S/C11H24N2O2S.ClH/c1-3-13(4-2)8-5-7-12-11-6-9-16(14,15)10-11;/h11-12H,3-10H2,1-2H3;1H. The van der Waals surface area contributed by atoms with Crippen molar-refractivity contribution in [3.63, 3.8) is 0 Å². The van der Waals surface area contributed by atoms with E-state index < -0.39 is 9.84 Å². The highest BCUT2D eigenvalue weighted by Crippen LogP contribution is 2.10. The van der Waals surface area contributed by atoms with E-state index in [0.717, 1.165) is 39.0 Å². The maximum absolute atomic E-state index is 11.2. The lowest BCUT2D eigenvalue weighted by atomic mass is 10.2. The van der Waals surface area contributed by atoms with Gasteiger partial charge >= 0.3 is 0 Å². The molecule has 1 atom stereocenters. The van der Waals surface area contributed by atoms with Crippen molar-refractivity contribution in [2.24, 2.45) is 0 Å². The Morgan fingerprint density at radius 2 is 1.94 bits per heavy atom. The van der Waals surface area contributed by atoms with Crippen molar-refractivity contribution >= 4 is 22.2 Å². The molecule has 1 heterocycles. The van der Waals surface area contributed by atoms with Crippen LogP contribution in [0.1, 0.15) is 26.7 Å². The van der Waals surface area contributed by atoms with E-state index in [1.54, 1.807) is 0 Å². The van der Waals surface area contributed by atoms with Crippen molar-refractivity contribution in [1.29, 1.82) is 0 Å². The number of sulfone groups is 1. The Balaban J connectivity index is 0.00000256. The van der Waals surface area contributed by atoms with Crippen LogP contribution in [-0.4, -0.2) is 57.0 Å². The highest BCUT2D eigenvalue weighted by molar-refractivity contribution is 7.91. The number of nitrogens with zero attached hydrogens (tertiary/aromatic N) is 1. The Morgan fingerprint density at radius 3 is 2.41 bits per heavy atom. The lowest BCUT2D eigenvalue weighted by molar-refractivity contribution is 0.296. The number of nitrogens with one attached hydrogen (secondary N) is 1. The molecule has 1 rings (SSSR count). The fraction of sp³-hybridized carbons (Fsp3) is 1.00. The molecule has 1 aliphatic rings. The molecular formula is C11H25ClN2O2S. The first-order valence-electron chi connectivity index (χ1n) is 6.23. The summed E-state index contributed by atoms with van der Waals surface area (Å²) in [5.74, 6) is 0.693. The molecule has 104 valence electrons. The molecule has 1 unspecified atom stereocenters. The Bertz CT molecular complexity index is 292. The second-order valence-electron chi connectivity index (χ2n) is 4.43. The van der Waals surface area contributed by atoms with Crippen LogP contribution in [0.4, 0.5) is 0 Å². The quantitative estimate of drug-likeness (QED) is 0.706. The molecule has 17 heavy (non-hydrogen) atoms. The fourth-order valence-electron chi connectivity index (χ4n) is 2.10. The molecule has 1 aliphatic heterocycles. The number of hydrogen-bond donors (Lipinski definition) is 1. The number of rotatable bonds is 7. The zero-order chi connectivity index (χ0) is 12.0. The first kappa shape index (κ1) is 17.2. The van der Waals surface area contributed by atoms with Gasteiger partial charge in [0.2, 0.25) is 0 Å². The van der Waals surface area contributed by atoms with Crippen LogP contribution in [0.3, 0.4) is 0 Å². The second kappa shape index (κ2) is 8.29. The van der Waals surface area contributed by atoms with E-state index in [1.807, 2.05) is 0 Å². The monoisotopic (exact) mass is 284 g/mol. The summed E-state index contributed by atoms with van der Waals surface area (Å²) in [6.45, 7) is 8.54. The van der Waals surface area contributed by atoms with Crippen LogP contribution in [0.25, 0.3) is 0 Å². The maximum atomic E-state index is 11.2.